The monoisotopic (exact) mass is 1080 g/mol. The van der Waals surface area contributed by atoms with Gasteiger partial charge in [-0.15, -0.1) is 0 Å². The van der Waals surface area contributed by atoms with E-state index in [-0.39, 0.29) is 19.5 Å². The summed E-state index contributed by atoms with van der Waals surface area (Å²) in [5, 5.41) is 3.09. The van der Waals surface area contributed by atoms with E-state index < -0.39 is 0 Å². The smallest absolute Gasteiger partial charge is 0.492 e. The molecule has 16 nitrogen and oxygen atoms in total. The third-order valence-corrected chi connectivity index (χ3v) is 16.1. The molecule has 77 heavy (non-hydrogen) atoms. The van der Waals surface area contributed by atoms with Crippen molar-refractivity contribution in [2.45, 2.75) is 77.0 Å². The molecule has 8 bridgehead atoms. The third-order valence-electron chi connectivity index (χ3n) is 16.1. The zero-order valence-corrected chi connectivity index (χ0v) is 47.4. The van der Waals surface area contributed by atoms with Gasteiger partial charge in [-0.25, -0.2) is 9.97 Å². The summed E-state index contributed by atoms with van der Waals surface area (Å²) in [7, 11) is 0. The van der Waals surface area contributed by atoms with Crippen LogP contribution in [-0.4, -0.2) is 154 Å². The summed E-state index contributed by atoms with van der Waals surface area (Å²) in [5.74, 6) is 4.57. The van der Waals surface area contributed by atoms with Gasteiger partial charge >= 0.3 is 19.5 Å². The number of ether oxygens (including phenoxy) is 4. The van der Waals surface area contributed by atoms with Gasteiger partial charge in [-0.05, 0) is 139 Å². The van der Waals surface area contributed by atoms with Crippen LogP contribution in [0.5, 0.6) is 23.0 Å². The maximum absolute atomic E-state index is 6.72. The molecule has 0 spiro atoms. The topological polar surface area (TPSA) is 155 Å². The number of hydrogen-bond donors (Lipinski definition) is 0. The van der Waals surface area contributed by atoms with E-state index in [0.29, 0.717) is 95.3 Å². The Morgan fingerprint density at radius 1 is 0.338 bits per heavy atom. The van der Waals surface area contributed by atoms with Crippen molar-refractivity contribution in [1.29, 1.82) is 0 Å². The van der Waals surface area contributed by atoms with Gasteiger partial charge in [-0.2, -0.15) is 0 Å². The van der Waals surface area contributed by atoms with Crippen LogP contribution < -0.4 is 28.9 Å². The van der Waals surface area contributed by atoms with Crippen LogP contribution in [0.2, 0.25) is 0 Å². The van der Waals surface area contributed by atoms with Gasteiger partial charge in [0.1, 0.15) is 49.4 Å². The van der Waals surface area contributed by atoms with Crippen molar-refractivity contribution in [3.05, 3.63) is 72.8 Å². The van der Waals surface area contributed by atoms with Crippen molar-refractivity contribution < 1.29 is 38.4 Å². The van der Waals surface area contributed by atoms with Gasteiger partial charge in [0.15, 0.2) is 0 Å². The SMILES string of the molecule is [Zn+2].c1cc(OCCN2CCCCC2)c2c(c1)-c1nc-2nc2[n-]c(nc3nc(nc4[n-]c(n1)c1c(OCCN5CCCCC5)cccc41)-c1c(OCCN4CCCCC4)cccc1-3)c1c(OCCN3CCCCC3)cccc21. The van der Waals surface area contributed by atoms with Crippen LogP contribution in [0.25, 0.3) is 89.7 Å². The van der Waals surface area contributed by atoms with Crippen LogP contribution in [0.15, 0.2) is 72.8 Å². The first kappa shape index (κ1) is 51.6. The van der Waals surface area contributed by atoms with Gasteiger partial charge in [0.05, 0.1) is 34.4 Å². The van der Waals surface area contributed by atoms with E-state index >= 15 is 0 Å². The minimum Gasteiger partial charge on any atom is -0.492 e. The fraction of sp³-hybridized carbons (Fsp3) is 0.467. The Bertz CT molecular complexity index is 3160. The number of benzene rings is 4. The van der Waals surface area contributed by atoms with E-state index in [1.54, 1.807) is 0 Å². The van der Waals surface area contributed by atoms with Gasteiger partial charge in [0, 0.05) is 70.7 Å². The second-order valence-electron chi connectivity index (χ2n) is 21.2. The molecule has 3 aromatic heterocycles. The van der Waals surface area contributed by atoms with Crippen LogP contribution in [0.4, 0.5) is 0 Å². The van der Waals surface area contributed by atoms with Gasteiger partial charge in [-0.3, -0.25) is 19.6 Å². The number of piperidine rings is 4. The van der Waals surface area contributed by atoms with Crippen LogP contribution in [-0.2, 0) is 19.5 Å². The number of aromatic nitrogens is 8. The summed E-state index contributed by atoms with van der Waals surface area (Å²) in [6.45, 7) is 14.2. The molecule has 13 rings (SSSR count). The molecule has 0 N–H and O–H groups in total. The van der Waals surface area contributed by atoms with Gasteiger partial charge in [-0.1, -0.05) is 74.2 Å². The van der Waals surface area contributed by atoms with Crippen molar-refractivity contribution in [3.8, 4) is 68.5 Å². The van der Waals surface area contributed by atoms with E-state index in [1.165, 1.54) is 77.0 Å². The first-order valence-corrected chi connectivity index (χ1v) is 28.3. The maximum atomic E-state index is 6.72. The van der Waals surface area contributed by atoms with Crippen molar-refractivity contribution in [1.82, 2.24) is 59.5 Å². The standard InChI is InChI=1S/C60H68N12O4.Zn/c1-5-25-69(26-6-1)33-37-73-45-21-13-17-41-49(45)57-61-53(41)66-58-51-43(19-15-23-47(51)75-39-35-71-29-9-3-10-30-71)55(63-58)68-60-52-44(20-16-24-48(52)76-40-36-72-31-11-4-12-32-72)56(64-60)67-59-50-42(54(62-59)65-57)18-14-22-46(50)74-38-34-70-27-7-2-8-28-70;/h13-24H,1-12,25-40H2;/q-2;+2. The van der Waals surface area contributed by atoms with Gasteiger partial charge in [0.2, 0.25) is 0 Å². The molecular formula is C60H68N12O4Zn. The molecule has 6 aliphatic rings. The third kappa shape index (κ3) is 11.2. The molecular weight excluding hydrogens is 1020 g/mol. The Morgan fingerprint density at radius 3 is 1.01 bits per heavy atom. The summed E-state index contributed by atoms with van der Waals surface area (Å²) in [5.41, 5.74) is 4.91. The largest absolute Gasteiger partial charge is 2.00 e. The molecule has 6 aliphatic heterocycles. The molecule has 4 fully saturated rings. The number of hydrogen-bond acceptors (Lipinski definition) is 14. The van der Waals surface area contributed by atoms with Crippen molar-refractivity contribution in [3.63, 3.8) is 0 Å². The fourth-order valence-electron chi connectivity index (χ4n) is 12.1. The van der Waals surface area contributed by atoms with Crippen molar-refractivity contribution in [2.24, 2.45) is 0 Å². The molecule has 9 heterocycles. The zero-order chi connectivity index (χ0) is 50.6. The summed E-state index contributed by atoms with van der Waals surface area (Å²) in [4.78, 5) is 52.6. The normalized spacial score (nSPS) is 17.5. The molecule has 0 atom stereocenters. The van der Waals surface area contributed by atoms with E-state index in [0.717, 1.165) is 122 Å². The Hall–Kier alpha value is -6.10. The summed E-state index contributed by atoms with van der Waals surface area (Å²) in [6.07, 6.45) is 14.9. The molecule has 7 aromatic rings. The number of fused-ring (bicyclic) bond motifs is 20. The molecule has 0 unspecified atom stereocenters. The average Bonchev–Trinajstić information content (AvgIpc) is 4.37. The molecule has 394 valence electrons. The summed E-state index contributed by atoms with van der Waals surface area (Å²) < 4.78 is 26.9. The summed E-state index contributed by atoms with van der Waals surface area (Å²) >= 11 is 0. The first-order chi connectivity index (χ1) is 37.7. The summed E-state index contributed by atoms with van der Waals surface area (Å²) in [6, 6.07) is 24.2. The number of rotatable bonds is 16. The Kier molecular flexibility index (Phi) is 16.0. The Labute approximate surface area is 463 Å². The predicted molar refractivity (Wildman–Crippen MR) is 297 cm³/mol. The maximum Gasteiger partial charge on any atom is 2.00 e. The minimum atomic E-state index is 0. The van der Waals surface area contributed by atoms with Crippen molar-refractivity contribution in [2.75, 3.05) is 105 Å². The number of likely N-dealkylation sites (tertiary alicyclic amines) is 4. The second-order valence-corrected chi connectivity index (χ2v) is 21.2. The fourth-order valence-corrected chi connectivity index (χ4v) is 12.1. The van der Waals surface area contributed by atoms with Gasteiger partial charge in [0.25, 0.3) is 0 Å². The average molecular weight is 1090 g/mol. The molecule has 4 saturated heterocycles. The van der Waals surface area contributed by atoms with E-state index in [9.17, 15) is 0 Å². The van der Waals surface area contributed by atoms with E-state index in [1.807, 2.05) is 72.8 Å². The molecule has 0 amide bonds. The molecule has 0 aliphatic carbocycles. The second kappa shape index (κ2) is 23.9. The minimum absolute atomic E-state index is 0. The Balaban J connectivity index is 0.00000596. The number of nitrogens with zero attached hydrogens (tertiary/aromatic N) is 12. The van der Waals surface area contributed by atoms with E-state index in [2.05, 4.69) is 19.6 Å². The van der Waals surface area contributed by atoms with Crippen LogP contribution in [0.1, 0.15) is 77.0 Å². The Morgan fingerprint density at radius 2 is 0.649 bits per heavy atom. The van der Waals surface area contributed by atoms with Crippen LogP contribution in [0, 0.1) is 0 Å². The predicted octanol–water partition coefficient (Wildman–Crippen LogP) is 9.58. The van der Waals surface area contributed by atoms with E-state index in [4.69, 9.17) is 58.8 Å². The van der Waals surface area contributed by atoms with Gasteiger partial charge < -0.3 is 48.9 Å². The molecule has 4 aromatic carbocycles. The quantitative estimate of drug-likeness (QED) is 0.0843. The molecule has 0 saturated carbocycles. The van der Waals surface area contributed by atoms with Crippen LogP contribution >= 0.6 is 0 Å². The zero-order valence-electron chi connectivity index (χ0n) is 44.4. The first-order valence-electron chi connectivity index (χ1n) is 28.3. The molecule has 17 heteroatoms. The van der Waals surface area contributed by atoms with Crippen LogP contribution in [0.3, 0.4) is 0 Å². The molecule has 0 radical (unpaired) electrons. The van der Waals surface area contributed by atoms with Crippen molar-refractivity contribution >= 4 is 44.1 Å².